The van der Waals surface area contributed by atoms with Crippen molar-refractivity contribution in [3.8, 4) is 0 Å². The van der Waals surface area contributed by atoms with Crippen LogP contribution in [0.15, 0.2) is 48.7 Å². The summed E-state index contributed by atoms with van der Waals surface area (Å²) in [5, 5.41) is 1.99. The molecule has 0 unspecified atom stereocenters. The molecule has 0 aliphatic carbocycles. The lowest BCUT2D eigenvalue weighted by atomic mass is 10.1. The summed E-state index contributed by atoms with van der Waals surface area (Å²) in [6.07, 6.45) is 2.07. The van der Waals surface area contributed by atoms with Gasteiger partial charge in [0.1, 0.15) is 0 Å². The van der Waals surface area contributed by atoms with Crippen molar-refractivity contribution in [1.82, 2.24) is 0 Å². The summed E-state index contributed by atoms with van der Waals surface area (Å²) in [5.41, 5.74) is 3.65. The van der Waals surface area contributed by atoms with Gasteiger partial charge in [-0.3, -0.25) is 0 Å². The lowest BCUT2D eigenvalue weighted by Crippen LogP contribution is -2.22. The molecule has 0 saturated carbocycles. The molecule has 2 heteroatoms. The summed E-state index contributed by atoms with van der Waals surface area (Å²) in [5.74, 6) is 0. The van der Waals surface area contributed by atoms with Gasteiger partial charge in [-0.05, 0) is 30.7 Å². The molecule has 0 aliphatic rings. The quantitative estimate of drug-likeness (QED) is 0.409. The van der Waals surface area contributed by atoms with Crippen LogP contribution in [0.1, 0.15) is 5.56 Å². The zero-order valence-electron chi connectivity index (χ0n) is 8.94. The van der Waals surface area contributed by atoms with Crippen molar-refractivity contribution in [2.24, 2.45) is 0 Å². The summed E-state index contributed by atoms with van der Waals surface area (Å²) in [4.78, 5) is 0. The Morgan fingerprint density at radius 2 is 1.94 bits per heavy atom. The van der Waals surface area contributed by atoms with E-state index in [1.54, 1.807) is 0 Å². The maximum atomic E-state index is 6.03. The van der Waals surface area contributed by atoms with Crippen molar-refractivity contribution in [1.29, 1.82) is 0 Å². The van der Waals surface area contributed by atoms with E-state index in [2.05, 4.69) is 41.8 Å². The molecule has 1 nitrogen and oxygen atoms in total. The molecule has 0 radical (unpaired) electrons. The Bertz CT molecular complexity index is 689. The van der Waals surface area contributed by atoms with E-state index in [-0.39, 0.29) is 0 Å². The minimum Gasteiger partial charge on any atom is -0.160 e. The number of halogens is 1. The van der Waals surface area contributed by atoms with Gasteiger partial charge in [0.25, 0.3) is 0 Å². The highest BCUT2D eigenvalue weighted by atomic mass is 35.5. The van der Waals surface area contributed by atoms with Crippen molar-refractivity contribution in [3.63, 3.8) is 0 Å². The normalized spacial score (nSPS) is 11.1. The van der Waals surface area contributed by atoms with Crippen molar-refractivity contribution < 1.29 is 4.40 Å². The first-order chi connectivity index (χ1) is 7.75. The van der Waals surface area contributed by atoms with E-state index < -0.39 is 0 Å². The smallest absolute Gasteiger partial charge is 0.160 e. The number of aryl methyl sites for hydroxylation is 1. The van der Waals surface area contributed by atoms with Crippen LogP contribution in [-0.4, -0.2) is 0 Å². The molecule has 16 heavy (non-hydrogen) atoms. The minimum atomic E-state index is 0.784. The second kappa shape index (κ2) is 3.46. The van der Waals surface area contributed by atoms with Gasteiger partial charge in [-0.15, -0.1) is 0 Å². The van der Waals surface area contributed by atoms with Crippen LogP contribution in [0.25, 0.3) is 16.4 Å². The van der Waals surface area contributed by atoms with Crippen LogP contribution >= 0.6 is 11.6 Å². The molecule has 2 aromatic heterocycles. The molecule has 0 spiro atoms. The zero-order chi connectivity index (χ0) is 11.1. The third-order valence-corrected chi connectivity index (χ3v) is 3.13. The van der Waals surface area contributed by atoms with Crippen LogP contribution in [0.5, 0.6) is 0 Å². The first-order valence-electron chi connectivity index (χ1n) is 5.25. The Hall–Kier alpha value is -1.60. The maximum absolute atomic E-state index is 6.03. The topological polar surface area (TPSA) is 4.10 Å². The third-order valence-electron chi connectivity index (χ3n) is 2.90. The molecule has 0 atom stereocenters. The van der Waals surface area contributed by atoms with Gasteiger partial charge >= 0.3 is 0 Å². The van der Waals surface area contributed by atoms with Crippen LogP contribution in [0.2, 0.25) is 5.02 Å². The summed E-state index contributed by atoms with van der Waals surface area (Å²) in [6, 6.07) is 14.4. The number of hydrogen-bond donors (Lipinski definition) is 0. The average Bonchev–Trinajstić information content (AvgIpc) is 2.29. The van der Waals surface area contributed by atoms with E-state index in [1.807, 2.05) is 18.2 Å². The number of hydrogen-bond acceptors (Lipinski definition) is 0. The van der Waals surface area contributed by atoms with Crippen molar-refractivity contribution in [3.05, 3.63) is 59.2 Å². The van der Waals surface area contributed by atoms with E-state index in [9.17, 15) is 0 Å². The van der Waals surface area contributed by atoms with Crippen LogP contribution in [0, 0.1) is 6.92 Å². The molecular weight excluding hydrogens is 218 g/mol. The molecule has 78 valence electrons. The van der Waals surface area contributed by atoms with Crippen LogP contribution in [0.4, 0.5) is 0 Å². The van der Waals surface area contributed by atoms with Gasteiger partial charge in [-0.1, -0.05) is 11.6 Å². The van der Waals surface area contributed by atoms with E-state index >= 15 is 0 Å². The van der Waals surface area contributed by atoms with E-state index in [0.717, 1.165) is 5.02 Å². The van der Waals surface area contributed by atoms with Gasteiger partial charge in [0.2, 0.25) is 11.0 Å². The Morgan fingerprint density at radius 1 is 1.06 bits per heavy atom. The lowest BCUT2D eigenvalue weighted by Gasteiger charge is -2.01. The highest BCUT2D eigenvalue weighted by Crippen LogP contribution is 2.21. The van der Waals surface area contributed by atoms with Crippen LogP contribution < -0.4 is 4.40 Å². The minimum absolute atomic E-state index is 0.784. The Balaban J connectivity index is 2.59. The van der Waals surface area contributed by atoms with E-state index in [0.29, 0.717) is 0 Å². The van der Waals surface area contributed by atoms with Crippen molar-refractivity contribution in [2.75, 3.05) is 0 Å². The Kier molecular flexibility index (Phi) is 2.08. The Labute approximate surface area is 98.9 Å². The number of fused-ring (bicyclic) bond motifs is 3. The van der Waals surface area contributed by atoms with Gasteiger partial charge in [0.15, 0.2) is 6.20 Å². The molecular formula is C14H11ClN+. The Morgan fingerprint density at radius 3 is 2.81 bits per heavy atom. The predicted molar refractivity (Wildman–Crippen MR) is 66.9 cm³/mol. The molecule has 0 saturated heterocycles. The summed E-state index contributed by atoms with van der Waals surface area (Å²) < 4.78 is 2.18. The zero-order valence-corrected chi connectivity index (χ0v) is 9.70. The second-order valence-electron chi connectivity index (χ2n) is 3.98. The van der Waals surface area contributed by atoms with Gasteiger partial charge in [0, 0.05) is 29.3 Å². The van der Waals surface area contributed by atoms with Gasteiger partial charge in [0.05, 0.1) is 5.39 Å². The number of aromatic nitrogens is 1. The lowest BCUT2D eigenvalue weighted by molar-refractivity contribution is -0.481. The average molecular weight is 229 g/mol. The highest BCUT2D eigenvalue weighted by molar-refractivity contribution is 6.31. The van der Waals surface area contributed by atoms with E-state index in [4.69, 9.17) is 11.6 Å². The molecule has 1 aromatic carbocycles. The molecule has 0 N–H and O–H groups in total. The monoisotopic (exact) mass is 228 g/mol. The number of rotatable bonds is 0. The first kappa shape index (κ1) is 9.61. The van der Waals surface area contributed by atoms with Gasteiger partial charge in [-0.25, -0.2) is 0 Å². The third kappa shape index (κ3) is 1.36. The fourth-order valence-corrected chi connectivity index (χ4v) is 2.30. The van der Waals surface area contributed by atoms with Crippen LogP contribution in [0.3, 0.4) is 0 Å². The molecule has 3 aromatic rings. The van der Waals surface area contributed by atoms with E-state index in [1.165, 1.54) is 22.0 Å². The summed E-state index contributed by atoms with van der Waals surface area (Å²) in [6.45, 7) is 2.12. The number of pyridine rings is 2. The SMILES string of the molecule is Cc1cc2cccc[n+]2c2ccc(Cl)cc12. The second-order valence-corrected chi connectivity index (χ2v) is 4.42. The molecule has 3 rings (SSSR count). The number of benzene rings is 1. The molecule has 0 bridgehead atoms. The van der Waals surface area contributed by atoms with Gasteiger partial charge < -0.3 is 0 Å². The molecule has 0 amide bonds. The standard InChI is InChI=1S/C14H11ClN/c1-10-8-12-4-2-3-7-16(12)14-6-5-11(15)9-13(10)14/h2-9H,1H3/q+1. The highest BCUT2D eigenvalue weighted by Gasteiger charge is 2.10. The molecule has 0 fully saturated rings. The summed E-state index contributed by atoms with van der Waals surface area (Å²) in [7, 11) is 0. The van der Waals surface area contributed by atoms with Crippen molar-refractivity contribution >= 4 is 28.0 Å². The molecule has 0 aliphatic heterocycles. The van der Waals surface area contributed by atoms with Crippen LogP contribution in [-0.2, 0) is 0 Å². The fraction of sp³-hybridized carbons (Fsp3) is 0.0714. The number of nitrogens with zero attached hydrogens (tertiary/aromatic N) is 1. The largest absolute Gasteiger partial charge is 0.218 e. The summed E-state index contributed by atoms with van der Waals surface area (Å²) >= 11 is 6.03. The maximum Gasteiger partial charge on any atom is 0.218 e. The molecule has 2 heterocycles. The fourth-order valence-electron chi connectivity index (χ4n) is 2.13. The predicted octanol–water partition coefficient (Wildman–Crippen LogP) is 3.54. The first-order valence-corrected chi connectivity index (χ1v) is 5.63. The van der Waals surface area contributed by atoms with Crippen molar-refractivity contribution in [2.45, 2.75) is 6.92 Å². The van der Waals surface area contributed by atoms with Gasteiger partial charge in [-0.2, -0.15) is 4.40 Å².